The Kier molecular flexibility index (Phi) is 3.03. The monoisotopic (exact) mass is 230 g/mol. The Labute approximate surface area is 102 Å². The second kappa shape index (κ2) is 4.34. The first kappa shape index (κ1) is 11.9. The summed E-state index contributed by atoms with van der Waals surface area (Å²) in [5, 5.41) is 0. The van der Waals surface area contributed by atoms with E-state index in [4.69, 9.17) is 10.2 Å². The fourth-order valence-electron chi connectivity index (χ4n) is 1.60. The van der Waals surface area contributed by atoms with Crippen molar-refractivity contribution >= 4 is 0 Å². The normalized spacial score (nSPS) is 11.8. The number of oxazole rings is 1. The first-order valence-electron chi connectivity index (χ1n) is 5.76. The lowest BCUT2D eigenvalue weighted by Gasteiger charge is -2.18. The van der Waals surface area contributed by atoms with Gasteiger partial charge in [-0.15, -0.1) is 0 Å². The van der Waals surface area contributed by atoms with E-state index in [1.54, 1.807) is 6.26 Å². The summed E-state index contributed by atoms with van der Waals surface area (Å²) < 4.78 is 5.53. The average molecular weight is 230 g/mol. The van der Waals surface area contributed by atoms with Crippen LogP contribution in [0, 0.1) is 6.92 Å². The van der Waals surface area contributed by atoms with Crippen molar-refractivity contribution < 1.29 is 4.42 Å². The number of rotatable bonds is 3. The summed E-state index contributed by atoms with van der Waals surface area (Å²) in [5.74, 6) is 0.658. The van der Waals surface area contributed by atoms with Crippen molar-refractivity contribution in [1.82, 2.24) is 4.98 Å². The van der Waals surface area contributed by atoms with Gasteiger partial charge in [0.25, 0.3) is 0 Å². The third kappa shape index (κ3) is 2.39. The zero-order chi connectivity index (χ0) is 12.5. The zero-order valence-corrected chi connectivity index (χ0v) is 10.5. The summed E-state index contributed by atoms with van der Waals surface area (Å²) in [6, 6.07) is 8.11. The van der Waals surface area contributed by atoms with Gasteiger partial charge in [-0.1, -0.05) is 31.5 Å². The minimum atomic E-state index is -0.147. The molecule has 0 spiro atoms. The van der Waals surface area contributed by atoms with Crippen LogP contribution in [0.25, 0.3) is 11.5 Å². The van der Waals surface area contributed by atoms with Gasteiger partial charge in [-0.25, -0.2) is 4.98 Å². The Bertz CT molecular complexity index is 514. The highest BCUT2D eigenvalue weighted by molar-refractivity contribution is 5.54. The molecule has 0 fully saturated rings. The van der Waals surface area contributed by atoms with Crippen molar-refractivity contribution in [2.24, 2.45) is 5.73 Å². The first-order chi connectivity index (χ1) is 8.03. The maximum absolute atomic E-state index is 5.73. The van der Waals surface area contributed by atoms with Crippen molar-refractivity contribution in [3.05, 3.63) is 41.8 Å². The number of aromatic nitrogens is 1. The Hall–Kier alpha value is -1.61. The molecule has 0 saturated heterocycles. The molecule has 2 rings (SSSR count). The minimum Gasteiger partial charge on any atom is -0.444 e. The SMILES string of the molecule is Cc1cccc(-c2nc(C(C)(C)CN)co2)c1. The van der Waals surface area contributed by atoms with Crippen LogP contribution >= 0.6 is 0 Å². The van der Waals surface area contributed by atoms with Crippen LogP contribution in [0.4, 0.5) is 0 Å². The number of hydrogen-bond donors (Lipinski definition) is 1. The zero-order valence-electron chi connectivity index (χ0n) is 10.5. The highest BCUT2D eigenvalue weighted by Crippen LogP contribution is 2.25. The topological polar surface area (TPSA) is 52.0 Å². The number of aryl methyl sites for hydroxylation is 1. The Morgan fingerprint density at radius 1 is 1.35 bits per heavy atom. The van der Waals surface area contributed by atoms with Gasteiger partial charge in [0, 0.05) is 17.5 Å². The van der Waals surface area contributed by atoms with Gasteiger partial charge in [0.05, 0.1) is 5.69 Å². The Morgan fingerprint density at radius 3 is 2.76 bits per heavy atom. The van der Waals surface area contributed by atoms with Crippen molar-refractivity contribution in [2.75, 3.05) is 6.54 Å². The molecule has 0 aliphatic carbocycles. The summed E-state index contributed by atoms with van der Waals surface area (Å²) in [4.78, 5) is 4.52. The molecule has 0 aliphatic heterocycles. The maximum Gasteiger partial charge on any atom is 0.226 e. The molecule has 3 nitrogen and oxygen atoms in total. The lowest BCUT2D eigenvalue weighted by molar-refractivity contribution is 0.512. The molecule has 1 aromatic carbocycles. The molecule has 0 atom stereocenters. The van der Waals surface area contributed by atoms with Crippen LogP contribution in [0.15, 0.2) is 34.9 Å². The molecule has 0 saturated carbocycles. The van der Waals surface area contributed by atoms with E-state index in [9.17, 15) is 0 Å². The predicted octanol–water partition coefficient (Wildman–Crippen LogP) is 2.89. The number of hydrogen-bond acceptors (Lipinski definition) is 3. The van der Waals surface area contributed by atoms with Crippen LogP contribution in [0.1, 0.15) is 25.1 Å². The average Bonchev–Trinajstić information content (AvgIpc) is 2.79. The van der Waals surface area contributed by atoms with E-state index in [2.05, 4.69) is 37.9 Å². The third-order valence-electron chi connectivity index (χ3n) is 2.97. The van der Waals surface area contributed by atoms with Crippen molar-refractivity contribution in [3.63, 3.8) is 0 Å². The molecule has 0 bridgehead atoms. The Morgan fingerprint density at radius 2 is 2.12 bits per heavy atom. The van der Waals surface area contributed by atoms with Gasteiger partial charge in [0.15, 0.2) is 0 Å². The highest BCUT2D eigenvalue weighted by Gasteiger charge is 2.23. The highest BCUT2D eigenvalue weighted by atomic mass is 16.3. The standard InChI is InChI=1S/C14H18N2O/c1-10-5-4-6-11(7-10)13-16-12(8-17-13)14(2,3)9-15/h4-8H,9,15H2,1-3H3. The molecule has 0 unspecified atom stereocenters. The molecule has 2 aromatic rings. The van der Waals surface area contributed by atoms with E-state index in [1.165, 1.54) is 5.56 Å². The van der Waals surface area contributed by atoms with Gasteiger partial charge >= 0.3 is 0 Å². The quantitative estimate of drug-likeness (QED) is 0.882. The molecule has 17 heavy (non-hydrogen) atoms. The van der Waals surface area contributed by atoms with Crippen LogP contribution < -0.4 is 5.73 Å². The van der Waals surface area contributed by atoms with Crippen LogP contribution in [0.3, 0.4) is 0 Å². The van der Waals surface area contributed by atoms with Crippen molar-refractivity contribution in [2.45, 2.75) is 26.2 Å². The fourth-order valence-corrected chi connectivity index (χ4v) is 1.60. The molecular weight excluding hydrogens is 212 g/mol. The van der Waals surface area contributed by atoms with Gasteiger partial charge in [-0.05, 0) is 19.1 Å². The van der Waals surface area contributed by atoms with E-state index >= 15 is 0 Å². The molecule has 0 aliphatic rings. The Balaban J connectivity index is 2.36. The molecule has 1 heterocycles. The maximum atomic E-state index is 5.73. The van der Waals surface area contributed by atoms with Crippen molar-refractivity contribution in [3.8, 4) is 11.5 Å². The predicted molar refractivity (Wildman–Crippen MR) is 68.8 cm³/mol. The molecule has 1 aromatic heterocycles. The summed E-state index contributed by atoms with van der Waals surface area (Å²) in [5.41, 5.74) is 8.68. The lowest BCUT2D eigenvalue weighted by atomic mass is 9.90. The van der Waals surface area contributed by atoms with E-state index in [1.807, 2.05) is 12.1 Å². The smallest absolute Gasteiger partial charge is 0.226 e. The molecular formula is C14H18N2O. The van der Waals surface area contributed by atoms with Gasteiger partial charge in [-0.2, -0.15) is 0 Å². The summed E-state index contributed by atoms with van der Waals surface area (Å²) in [6.07, 6.45) is 1.70. The lowest BCUT2D eigenvalue weighted by Crippen LogP contribution is -2.28. The third-order valence-corrected chi connectivity index (χ3v) is 2.97. The van der Waals surface area contributed by atoms with E-state index in [0.717, 1.165) is 11.3 Å². The molecule has 0 radical (unpaired) electrons. The minimum absolute atomic E-state index is 0.147. The largest absolute Gasteiger partial charge is 0.444 e. The summed E-state index contributed by atoms with van der Waals surface area (Å²) >= 11 is 0. The number of benzene rings is 1. The van der Waals surface area contributed by atoms with E-state index in [-0.39, 0.29) is 5.41 Å². The van der Waals surface area contributed by atoms with Crippen LogP contribution in [0.2, 0.25) is 0 Å². The van der Waals surface area contributed by atoms with Gasteiger partial charge < -0.3 is 10.2 Å². The van der Waals surface area contributed by atoms with Crippen LogP contribution in [-0.4, -0.2) is 11.5 Å². The first-order valence-corrected chi connectivity index (χ1v) is 5.76. The van der Waals surface area contributed by atoms with Crippen LogP contribution in [0.5, 0.6) is 0 Å². The number of nitrogens with two attached hydrogens (primary N) is 1. The fraction of sp³-hybridized carbons (Fsp3) is 0.357. The summed E-state index contributed by atoms with van der Waals surface area (Å²) in [7, 11) is 0. The molecule has 2 N–H and O–H groups in total. The van der Waals surface area contributed by atoms with Crippen molar-refractivity contribution in [1.29, 1.82) is 0 Å². The number of nitrogens with zero attached hydrogens (tertiary/aromatic N) is 1. The second-order valence-electron chi connectivity index (χ2n) is 5.00. The summed E-state index contributed by atoms with van der Waals surface area (Å²) in [6.45, 7) is 6.72. The van der Waals surface area contributed by atoms with E-state index in [0.29, 0.717) is 12.4 Å². The van der Waals surface area contributed by atoms with Crippen LogP contribution in [-0.2, 0) is 5.41 Å². The molecule has 90 valence electrons. The van der Waals surface area contributed by atoms with E-state index < -0.39 is 0 Å². The van der Waals surface area contributed by atoms with Gasteiger partial charge in [-0.3, -0.25) is 0 Å². The van der Waals surface area contributed by atoms with Gasteiger partial charge in [0.1, 0.15) is 6.26 Å². The van der Waals surface area contributed by atoms with Gasteiger partial charge in [0.2, 0.25) is 5.89 Å². The molecule has 3 heteroatoms. The second-order valence-corrected chi connectivity index (χ2v) is 5.00. The molecule has 0 amide bonds.